The Labute approximate surface area is 111 Å². The second-order valence-corrected chi connectivity index (χ2v) is 5.83. The molecule has 2 fully saturated rings. The van der Waals surface area contributed by atoms with Crippen molar-refractivity contribution in [3.05, 3.63) is 0 Å². The first-order chi connectivity index (χ1) is 8.79. The summed E-state index contributed by atoms with van der Waals surface area (Å²) in [5.74, 6) is 1.10. The highest BCUT2D eigenvalue weighted by molar-refractivity contribution is 5.72. The Hall–Kier alpha value is -0.570. The van der Waals surface area contributed by atoms with Crippen LogP contribution >= 0.6 is 0 Å². The lowest BCUT2D eigenvalue weighted by molar-refractivity contribution is -0.149. The van der Waals surface area contributed by atoms with E-state index in [1.54, 1.807) is 0 Å². The SMILES string of the molecule is CCOC(=O)[C@@H]1CCCN(CCC2CCCC2)C1. The van der Waals surface area contributed by atoms with Gasteiger partial charge in [-0.15, -0.1) is 0 Å². The summed E-state index contributed by atoms with van der Waals surface area (Å²) in [5, 5.41) is 0. The number of likely N-dealkylation sites (tertiary alicyclic amines) is 1. The van der Waals surface area contributed by atoms with E-state index in [9.17, 15) is 4.79 Å². The molecule has 0 aromatic heterocycles. The fourth-order valence-corrected chi connectivity index (χ4v) is 3.38. The highest BCUT2D eigenvalue weighted by Gasteiger charge is 2.27. The summed E-state index contributed by atoms with van der Waals surface area (Å²) < 4.78 is 5.14. The van der Waals surface area contributed by atoms with E-state index in [1.165, 1.54) is 45.2 Å². The van der Waals surface area contributed by atoms with Gasteiger partial charge in [0.25, 0.3) is 0 Å². The van der Waals surface area contributed by atoms with Gasteiger partial charge in [0.2, 0.25) is 0 Å². The Bertz CT molecular complexity index is 261. The molecule has 3 nitrogen and oxygen atoms in total. The standard InChI is InChI=1S/C15H27NO2/c1-2-18-15(17)14-8-5-10-16(12-14)11-9-13-6-3-4-7-13/h13-14H,2-12H2,1H3/t14-/m1/s1. The zero-order valence-corrected chi connectivity index (χ0v) is 11.7. The summed E-state index contributed by atoms with van der Waals surface area (Å²) in [4.78, 5) is 14.2. The van der Waals surface area contributed by atoms with Crippen LogP contribution in [0, 0.1) is 11.8 Å². The van der Waals surface area contributed by atoms with Gasteiger partial charge in [-0.3, -0.25) is 4.79 Å². The van der Waals surface area contributed by atoms with Crippen LogP contribution in [0.4, 0.5) is 0 Å². The first kappa shape index (κ1) is 13.9. The Morgan fingerprint density at radius 3 is 2.72 bits per heavy atom. The molecule has 0 radical (unpaired) electrons. The third-order valence-electron chi connectivity index (χ3n) is 4.45. The number of rotatable bonds is 5. The van der Waals surface area contributed by atoms with Crippen molar-refractivity contribution in [3.63, 3.8) is 0 Å². The van der Waals surface area contributed by atoms with Crippen molar-refractivity contribution < 1.29 is 9.53 Å². The molecule has 0 spiro atoms. The van der Waals surface area contributed by atoms with E-state index in [1.807, 2.05) is 6.92 Å². The maximum absolute atomic E-state index is 11.8. The average Bonchev–Trinajstić information content (AvgIpc) is 2.90. The Morgan fingerprint density at radius 2 is 2.00 bits per heavy atom. The molecule has 0 aromatic rings. The Kier molecular flexibility index (Phi) is 5.48. The highest BCUT2D eigenvalue weighted by atomic mass is 16.5. The zero-order chi connectivity index (χ0) is 12.8. The minimum absolute atomic E-state index is 0.0167. The molecule has 0 aromatic carbocycles. The number of carbonyl (C=O) groups excluding carboxylic acids is 1. The van der Waals surface area contributed by atoms with Crippen LogP contribution in [0.15, 0.2) is 0 Å². The van der Waals surface area contributed by atoms with E-state index in [0.717, 1.165) is 25.3 Å². The lowest BCUT2D eigenvalue weighted by Crippen LogP contribution is -2.40. The Morgan fingerprint density at radius 1 is 1.22 bits per heavy atom. The molecule has 1 aliphatic heterocycles. The smallest absolute Gasteiger partial charge is 0.310 e. The molecule has 1 heterocycles. The number of carbonyl (C=O) groups is 1. The van der Waals surface area contributed by atoms with E-state index >= 15 is 0 Å². The molecule has 1 aliphatic carbocycles. The first-order valence-electron chi connectivity index (χ1n) is 7.68. The van der Waals surface area contributed by atoms with Gasteiger partial charge in [-0.05, 0) is 45.2 Å². The predicted molar refractivity (Wildman–Crippen MR) is 72.4 cm³/mol. The lowest BCUT2D eigenvalue weighted by Gasteiger charge is -2.32. The number of esters is 1. The number of nitrogens with zero attached hydrogens (tertiary/aromatic N) is 1. The molecule has 1 saturated heterocycles. The van der Waals surface area contributed by atoms with E-state index < -0.39 is 0 Å². The van der Waals surface area contributed by atoms with Gasteiger partial charge in [0, 0.05) is 6.54 Å². The summed E-state index contributed by atoms with van der Waals surface area (Å²) in [6.45, 7) is 5.67. The molecule has 0 amide bonds. The lowest BCUT2D eigenvalue weighted by atomic mass is 9.97. The third kappa shape index (κ3) is 3.98. The van der Waals surface area contributed by atoms with Crippen LogP contribution in [-0.2, 0) is 9.53 Å². The summed E-state index contributed by atoms with van der Waals surface area (Å²) in [6, 6.07) is 0. The summed E-state index contributed by atoms with van der Waals surface area (Å²) >= 11 is 0. The summed E-state index contributed by atoms with van der Waals surface area (Å²) in [6.07, 6.45) is 9.19. The third-order valence-corrected chi connectivity index (χ3v) is 4.45. The fraction of sp³-hybridized carbons (Fsp3) is 0.933. The van der Waals surface area contributed by atoms with Crippen LogP contribution in [0.1, 0.15) is 51.9 Å². The topological polar surface area (TPSA) is 29.5 Å². The fourth-order valence-electron chi connectivity index (χ4n) is 3.38. The van der Waals surface area contributed by atoms with Crippen molar-refractivity contribution >= 4 is 5.97 Å². The summed E-state index contributed by atoms with van der Waals surface area (Å²) in [7, 11) is 0. The highest BCUT2D eigenvalue weighted by Crippen LogP contribution is 2.28. The predicted octanol–water partition coefficient (Wildman–Crippen LogP) is 2.84. The van der Waals surface area contributed by atoms with Crippen molar-refractivity contribution in [2.75, 3.05) is 26.2 Å². The van der Waals surface area contributed by atoms with Crippen LogP contribution in [0.2, 0.25) is 0 Å². The van der Waals surface area contributed by atoms with E-state index in [2.05, 4.69) is 4.90 Å². The number of piperidine rings is 1. The van der Waals surface area contributed by atoms with E-state index in [-0.39, 0.29) is 11.9 Å². The molecule has 1 atom stereocenters. The largest absolute Gasteiger partial charge is 0.466 e. The zero-order valence-electron chi connectivity index (χ0n) is 11.7. The Balaban J connectivity index is 1.70. The molecular weight excluding hydrogens is 226 g/mol. The van der Waals surface area contributed by atoms with Crippen molar-refractivity contribution in [1.82, 2.24) is 4.90 Å². The van der Waals surface area contributed by atoms with Gasteiger partial charge in [0.1, 0.15) is 0 Å². The van der Waals surface area contributed by atoms with Crippen LogP contribution in [0.5, 0.6) is 0 Å². The van der Waals surface area contributed by atoms with Crippen molar-refractivity contribution in [3.8, 4) is 0 Å². The minimum atomic E-state index is 0.0167. The summed E-state index contributed by atoms with van der Waals surface area (Å²) in [5.41, 5.74) is 0. The second kappa shape index (κ2) is 7.13. The molecule has 1 saturated carbocycles. The van der Waals surface area contributed by atoms with Crippen LogP contribution in [-0.4, -0.2) is 37.1 Å². The maximum atomic E-state index is 11.8. The number of hydrogen-bond acceptors (Lipinski definition) is 3. The molecule has 0 bridgehead atoms. The second-order valence-electron chi connectivity index (χ2n) is 5.83. The van der Waals surface area contributed by atoms with E-state index in [4.69, 9.17) is 4.74 Å². The van der Waals surface area contributed by atoms with Crippen LogP contribution in [0.25, 0.3) is 0 Å². The van der Waals surface area contributed by atoms with Gasteiger partial charge >= 0.3 is 5.97 Å². The van der Waals surface area contributed by atoms with Gasteiger partial charge < -0.3 is 9.64 Å². The van der Waals surface area contributed by atoms with Gasteiger partial charge in [-0.25, -0.2) is 0 Å². The average molecular weight is 253 g/mol. The molecule has 0 N–H and O–H groups in total. The molecule has 2 rings (SSSR count). The van der Waals surface area contributed by atoms with Gasteiger partial charge in [-0.2, -0.15) is 0 Å². The molecule has 104 valence electrons. The van der Waals surface area contributed by atoms with Crippen molar-refractivity contribution in [2.45, 2.75) is 51.9 Å². The monoisotopic (exact) mass is 253 g/mol. The normalized spacial score (nSPS) is 26.4. The number of ether oxygens (including phenoxy) is 1. The van der Waals surface area contributed by atoms with Crippen LogP contribution in [0.3, 0.4) is 0 Å². The molecule has 18 heavy (non-hydrogen) atoms. The van der Waals surface area contributed by atoms with Crippen molar-refractivity contribution in [2.24, 2.45) is 11.8 Å². The first-order valence-corrected chi connectivity index (χ1v) is 7.68. The minimum Gasteiger partial charge on any atom is -0.466 e. The van der Waals surface area contributed by atoms with Gasteiger partial charge in [0.15, 0.2) is 0 Å². The van der Waals surface area contributed by atoms with Gasteiger partial charge in [-0.1, -0.05) is 25.7 Å². The van der Waals surface area contributed by atoms with Crippen LogP contribution < -0.4 is 0 Å². The number of hydrogen-bond donors (Lipinski definition) is 0. The van der Waals surface area contributed by atoms with E-state index in [0.29, 0.717) is 6.61 Å². The molecular formula is C15H27NO2. The van der Waals surface area contributed by atoms with Gasteiger partial charge in [0.05, 0.1) is 12.5 Å². The quantitative estimate of drug-likeness (QED) is 0.706. The molecule has 2 aliphatic rings. The molecule has 3 heteroatoms. The van der Waals surface area contributed by atoms with Crippen molar-refractivity contribution in [1.29, 1.82) is 0 Å². The molecule has 0 unspecified atom stereocenters. The maximum Gasteiger partial charge on any atom is 0.310 e.